The van der Waals surface area contributed by atoms with Gasteiger partial charge in [0.25, 0.3) is 0 Å². The van der Waals surface area contributed by atoms with Gasteiger partial charge in [-0.15, -0.1) is 0 Å². The molecule has 6 rings (SSSR count). The lowest BCUT2D eigenvalue weighted by Gasteiger charge is -2.65. The first-order valence-corrected chi connectivity index (χ1v) is 15.2. The summed E-state index contributed by atoms with van der Waals surface area (Å²) in [5, 5.41) is 7.40. The van der Waals surface area contributed by atoms with Gasteiger partial charge in [-0.2, -0.15) is 5.10 Å². The second-order valence-corrected chi connectivity index (χ2v) is 14.4. The maximum atomic E-state index is 5.11. The van der Waals surface area contributed by atoms with E-state index in [0.717, 1.165) is 12.0 Å². The molecule has 210 valence electrons. The number of hydrogen-bond donors (Lipinski definition) is 0. The van der Waals surface area contributed by atoms with Crippen LogP contribution in [0, 0.1) is 22.7 Å². The second kappa shape index (κ2) is 8.47. The summed E-state index contributed by atoms with van der Waals surface area (Å²) in [5.41, 5.74) is 8.10. The van der Waals surface area contributed by atoms with E-state index in [9.17, 15) is 0 Å². The van der Waals surface area contributed by atoms with Gasteiger partial charge < -0.3 is 4.90 Å². The van der Waals surface area contributed by atoms with E-state index in [1.807, 2.05) is 6.21 Å². The van der Waals surface area contributed by atoms with E-state index in [0.29, 0.717) is 11.8 Å². The maximum Gasteiger partial charge on any atom is 0.0983 e. The zero-order valence-corrected chi connectivity index (χ0v) is 26.2. The van der Waals surface area contributed by atoms with Crippen LogP contribution < -0.4 is 4.90 Å². The Labute approximate surface area is 242 Å². The standard InChI is InChI=1S/C37H47N3/c1-11-29-31-33(4,5)20-21-35(29,8)39(23-22-34(31,6)7)28-14-12-27(13-15-28)24-38-40-36(9)18-16-25(2)30-26(3)17-19-37(40,10)32(30)36/h12-26H,11H2,1-10H3. The van der Waals surface area contributed by atoms with Crippen molar-refractivity contribution in [3.63, 3.8) is 0 Å². The molecular formula is C37H47N3. The Morgan fingerprint density at radius 3 is 1.88 bits per heavy atom. The molecule has 3 nitrogen and oxygen atoms in total. The van der Waals surface area contributed by atoms with E-state index in [1.165, 1.54) is 11.3 Å². The number of hydrogen-bond acceptors (Lipinski definition) is 3. The van der Waals surface area contributed by atoms with Gasteiger partial charge >= 0.3 is 0 Å². The van der Waals surface area contributed by atoms with Crippen molar-refractivity contribution < 1.29 is 0 Å². The van der Waals surface area contributed by atoms with E-state index >= 15 is 0 Å². The fourth-order valence-corrected chi connectivity index (χ4v) is 8.90. The van der Waals surface area contributed by atoms with E-state index in [-0.39, 0.29) is 27.4 Å². The molecule has 2 heterocycles. The molecule has 1 aromatic rings. The van der Waals surface area contributed by atoms with Crippen molar-refractivity contribution in [3.8, 4) is 0 Å². The Bertz CT molecular complexity index is 1420. The minimum absolute atomic E-state index is 0.00443. The summed E-state index contributed by atoms with van der Waals surface area (Å²) in [6.45, 7) is 23.4. The lowest BCUT2D eigenvalue weighted by atomic mass is 9.57. The number of nitrogens with zero attached hydrogens (tertiary/aromatic N) is 3. The fraction of sp³-hybridized carbons (Fsp3) is 0.486. The van der Waals surface area contributed by atoms with Gasteiger partial charge in [0.1, 0.15) is 0 Å². The zero-order valence-electron chi connectivity index (χ0n) is 26.2. The van der Waals surface area contributed by atoms with Crippen LogP contribution in [0.25, 0.3) is 0 Å². The molecule has 5 atom stereocenters. The largest absolute Gasteiger partial charge is 0.335 e. The van der Waals surface area contributed by atoms with Crippen molar-refractivity contribution >= 4 is 11.9 Å². The molecule has 2 bridgehead atoms. The molecule has 0 amide bonds. The van der Waals surface area contributed by atoms with Crippen molar-refractivity contribution in [2.45, 2.75) is 92.3 Å². The van der Waals surface area contributed by atoms with Gasteiger partial charge in [-0.1, -0.05) is 109 Å². The molecular weight excluding hydrogens is 486 g/mol. The maximum absolute atomic E-state index is 5.11. The van der Waals surface area contributed by atoms with Crippen molar-refractivity contribution in [1.29, 1.82) is 0 Å². The number of allylic oxidation sites excluding steroid dienone is 6. The first-order valence-electron chi connectivity index (χ1n) is 15.2. The molecule has 5 unspecified atom stereocenters. The molecule has 1 aromatic carbocycles. The molecule has 0 radical (unpaired) electrons. The highest BCUT2D eigenvalue weighted by molar-refractivity contribution is 5.81. The topological polar surface area (TPSA) is 18.8 Å². The summed E-state index contributed by atoms with van der Waals surface area (Å²) in [6, 6.07) is 8.93. The molecule has 40 heavy (non-hydrogen) atoms. The third-order valence-electron chi connectivity index (χ3n) is 10.6. The smallest absolute Gasteiger partial charge is 0.0983 e. The number of anilines is 1. The molecule has 1 saturated heterocycles. The van der Waals surface area contributed by atoms with Crippen LogP contribution in [0.2, 0.25) is 0 Å². The summed E-state index contributed by atoms with van der Waals surface area (Å²) in [4.78, 5) is 2.46. The molecule has 0 N–H and O–H groups in total. The van der Waals surface area contributed by atoms with Crippen molar-refractivity contribution in [3.05, 3.63) is 101 Å². The van der Waals surface area contributed by atoms with Crippen LogP contribution in [-0.2, 0) is 0 Å². The quantitative estimate of drug-likeness (QED) is 0.284. The van der Waals surface area contributed by atoms with Gasteiger partial charge in [-0.05, 0) is 73.4 Å². The summed E-state index contributed by atoms with van der Waals surface area (Å²) in [7, 11) is 0. The average Bonchev–Trinajstić information content (AvgIpc) is 2.97. The van der Waals surface area contributed by atoms with E-state index in [4.69, 9.17) is 5.10 Å². The van der Waals surface area contributed by atoms with Crippen LogP contribution in [0.4, 0.5) is 5.69 Å². The van der Waals surface area contributed by atoms with Gasteiger partial charge in [0.15, 0.2) is 0 Å². The van der Waals surface area contributed by atoms with E-state index in [1.54, 1.807) is 16.7 Å². The van der Waals surface area contributed by atoms with Gasteiger partial charge in [-0.3, -0.25) is 5.01 Å². The van der Waals surface area contributed by atoms with Crippen LogP contribution in [0.1, 0.15) is 81.2 Å². The third-order valence-corrected chi connectivity index (χ3v) is 10.6. The SMILES string of the molecule is CCC1=C2C(C)(C)C=CN(c3ccc(C=NN4C5(C)C=CC(C)C6=C5C4(C)C=CC6C)cc3)C1(C)C=CC2(C)C. The minimum atomic E-state index is -0.185. The Balaban J connectivity index is 1.31. The third kappa shape index (κ3) is 3.52. The van der Waals surface area contributed by atoms with Crippen LogP contribution in [-0.4, -0.2) is 27.8 Å². The first-order chi connectivity index (χ1) is 18.7. The highest BCUT2D eigenvalue weighted by atomic mass is 15.6. The van der Waals surface area contributed by atoms with Crippen molar-refractivity contribution in [1.82, 2.24) is 5.01 Å². The van der Waals surface area contributed by atoms with Gasteiger partial charge in [0.05, 0.1) is 22.8 Å². The van der Waals surface area contributed by atoms with Gasteiger partial charge in [0.2, 0.25) is 0 Å². The Hall–Kier alpha value is -3.07. The highest BCUT2D eigenvalue weighted by Crippen LogP contribution is 2.59. The molecule has 0 aromatic heterocycles. The van der Waals surface area contributed by atoms with Crippen LogP contribution in [0.3, 0.4) is 0 Å². The lowest BCUT2D eigenvalue weighted by molar-refractivity contribution is -0.000980. The zero-order chi connectivity index (χ0) is 28.9. The van der Waals surface area contributed by atoms with Gasteiger partial charge in [-0.25, -0.2) is 0 Å². The Morgan fingerprint density at radius 1 is 0.725 bits per heavy atom. The minimum Gasteiger partial charge on any atom is -0.335 e. The highest BCUT2D eigenvalue weighted by Gasteiger charge is 2.62. The molecule has 0 spiro atoms. The normalized spacial score (nSPS) is 36.8. The summed E-state index contributed by atoms with van der Waals surface area (Å²) >= 11 is 0. The average molecular weight is 534 g/mol. The summed E-state index contributed by atoms with van der Waals surface area (Å²) < 4.78 is 0. The molecule has 0 saturated carbocycles. The molecule has 5 aliphatic rings. The monoisotopic (exact) mass is 533 g/mol. The van der Waals surface area contributed by atoms with Crippen LogP contribution in [0.15, 0.2) is 100 Å². The predicted molar refractivity (Wildman–Crippen MR) is 170 cm³/mol. The van der Waals surface area contributed by atoms with Crippen LogP contribution >= 0.6 is 0 Å². The number of benzene rings is 1. The molecule has 1 fully saturated rings. The van der Waals surface area contributed by atoms with Crippen molar-refractivity contribution in [2.24, 2.45) is 27.8 Å². The Kier molecular flexibility index (Phi) is 5.74. The van der Waals surface area contributed by atoms with Crippen LogP contribution in [0.5, 0.6) is 0 Å². The van der Waals surface area contributed by atoms with Crippen molar-refractivity contribution in [2.75, 3.05) is 4.90 Å². The second-order valence-electron chi connectivity index (χ2n) is 14.4. The van der Waals surface area contributed by atoms with E-state index < -0.39 is 0 Å². The number of fused-ring (bicyclic) bond motifs is 1. The predicted octanol–water partition coefficient (Wildman–Crippen LogP) is 8.98. The number of rotatable bonds is 4. The van der Waals surface area contributed by atoms with E-state index in [2.05, 4.69) is 152 Å². The summed E-state index contributed by atoms with van der Waals surface area (Å²) in [5.74, 6) is 0.983. The molecule has 3 heteroatoms. The summed E-state index contributed by atoms with van der Waals surface area (Å²) in [6.07, 6.45) is 22.1. The van der Waals surface area contributed by atoms with Gasteiger partial charge in [0, 0.05) is 22.7 Å². The number of hydrazone groups is 1. The molecule has 3 aliphatic carbocycles. The first kappa shape index (κ1) is 27.1. The lowest BCUT2D eigenvalue weighted by Crippen LogP contribution is -2.71. The molecule has 2 aliphatic heterocycles. The fourth-order valence-electron chi connectivity index (χ4n) is 8.90. The Morgan fingerprint density at radius 2 is 1.30 bits per heavy atom.